The molecule has 0 saturated carbocycles. The van der Waals surface area contributed by atoms with E-state index in [4.69, 9.17) is 0 Å². The van der Waals surface area contributed by atoms with E-state index in [9.17, 15) is 0 Å². The lowest BCUT2D eigenvalue weighted by molar-refractivity contribution is 1.19. The predicted molar refractivity (Wildman–Crippen MR) is 315 cm³/mol. The van der Waals surface area contributed by atoms with Crippen LogP contribution in [0, 0.1) is 0 Å². The van der Waals surface area contributed by atoms with Gasteiger partial charge in [-0.15, -0.1) is 11.3 Å². The molecule has 73 heavy (non-hydrogen) atoms. The zero-order valence-electron chi connectivity index (χ0n) is 39.7. The zero-order valence-corrected chi connectivity index (χ0v) is 40.5. The molecule has 13 aromatic carbocycles. The lowest BCUT2D eigenvalue weighted by atomic mass is 9.94. The van der Waals surface area contributed by atoms with Crippen molar-refractivity contribution in [3.8, 4) is 39.1 Å². The van der Waals surface area contributed by atoms with Crippen LogP contribution in [0.5, 0.6) is 0 Å². The average Bonchev–Trinajstić information content (AvgIpc) is 4.01. The Balaban J connectivity index is 0.857. The molecule has 15 rings (SSSR count). The fraction of sp³-hybridized carbons (Fsp3) is 0. The normalized spacial score (nSPS) is 11.8. The van der Waals surface area contributed by atoms with Crippen LogP contribution in [0.15, 0.2) is 267 Å². The maximum Gasteiger partial charge on any atom is 0.0541 e. The number of thiophene rings is 1. The van der Waals surface area contributed by atoms with E-state index in [1.807, 2.05) is 11.3 Å². The molecule has 15 aromatic rings. The standard InChI is InChI=1S/C70H44N2S/c1-2-16-50(17-3-1)71(52-36-30-47(31-37-52)56-25-13-27-69-70(56)62-23-10-11-26-68(62)73-69)51-34-28-45(29-35-51)48-32-40-66-64(42-48)65-43-49(55-24-12-15-46-14-4-5-18-54(46)55)33-41-67(65)72(66)53-38-39-61-59-21-7-6-19-57(59)58-20-8-9-22-60(58)63(61)44-53/h1-44H. The average molecular weight is 945 g/mol. The molecule has 340 valence electrons. The zero-order chi connectivity index (χ0) is 48.0. The van der Waals surface area contributed by atoms with E-state index in [-0.39, 0.29) is 0 Å². The molecule has 0 amide bonds. The van der Waals surface area contributed by atoms with Gasteiger partial charge in [0.15, 0.2) is 0 Å². The number of aromatic nitrogens is 1. The van der Waals surface area contributed by atoms with E-state index < -0.39 is 0 Å². The Bertz CT molecular complexity index is 4620. The second kappa shape index (κ2) is 16.7. The van der Waals surface area contributed by atoms with Gasteiger partial charge in [0.05, 0.1) is 11.0 Å². The summed E-state index contributed by atoms with van der Waals surface area (Å²) in [6.45, 7) is 0. The van der Waals surface area contributed by atoms with Crippen molar-refractivity contribution in [3.63, 3.8) is 0 Å². The Hall–Kier alpha value is -9.28. The molecule has 0 unspecified atom stereocenters. The van der Waals surface area contributed by atoms with Gasteiger partial charge >= 0.3 is 0 Å². The van der Waals surface area contributed by atoms with Crippen molar-refractivity contribution in [2.24, 2.45) is 0 Å². The molecule has 0 aliphatic heterocycles. The number of rotatable bonds is 7. The van der Waals surface area contributed by atoms with E-state index in [2.05, 4.69) is 276 Å². The molecule has 2 aromatic heterocycles. The number of para-hydroxylation sites is 1. The number of benzene rings is 13. The van der Waals surface area contributed by atoms with Gasteiger partial charge in [0.25, 0.3) is 0 Å². The molecule has 2 heterocycles. The van der Waals surface area contributed by atoms with Crippen LogP contribution in [0.1, 0.15) is 0 Å². The van der Waals surface area contributed by atoms with Crippen molar-refractivity contribution < 1.29 is 0 Å². The summed E-state index contributed by atoms with van der Waals surface area (Å²) >= 11 is 1.86. The summed E-state index contributed by atoms with van der Waals surface area (Å²) in [4.78, 5) is 2.36. The third-order valence-corrected chi connectivity index (χ3v) is 16.3. The first-order valence-electron chi connectivity index (χ1n) is 25.1. The van der Waals surface area contributed by atoms with Gasteiger partial charge in [-0.2, -0.15) is 0 Å². The highest BCUT2D eigenvalue weighted by molar-refractivity contribution is 7.25. The summed E-state index contributed by atoms with van der Waals surface area (Å²) in [5.41, 5.74) is 14.1. The molecule has 3 heteroatoms. The Kier molecular flexibility index (Phi) is 9.48. The highest BCUT2D eigenvalue weighted by Gasteiger charge is 2.19. The Morgan fingerprint density at radius 3 is 1.48 bits per heavy atom. The van der Waals surface area contributed by atoms with Crippen LogP contribution in [0.3, 0.4) is 0 Å². The monoisotopic (exact) mass is 944 g/mol. The third-order valence-electron chi connectivity index (χ3n) is 15.2. The minimum Gasteiger partial charge on any atom is -0.311 e. The van der Waals surface area contributed by atoms with E-state index in [1.165, 1.54) is 118 Å². The van der Waals surface area contributed by atoms with Crippen molar-refractivity contribution in [3.05, 3.63) is 267 Å². The lowest BCUT2D eigenvalue weighted by Crippen LogP contribution is -2.09. The minimum absolute atomic E-state index is 1.10. The molecule has 0 atom stereocenters. The van der Waals surface area contributed by atoms with E-state index in [0.717, 1.165) is 22.7 Å². The summed E-state index contributed by atoms with van der Waals surface area (Å²) in [6.07, 6.45) is 0. The summed E-state index contributed by atoms with van der Waals surface area (Å²) < 4.78 is 5.11. The maximum absolute atomic E-state index is 2.47. The van der Waals surface area contributed by atoms with Crippen LogP contribution in [0.25, 0.3) is 124 Å². The molecular formula is C70H44N2S. The second-order valence-electron chi connectivity index (χ2n) is 19.2. The molecule has 0 bridgehead atoms. The lowest BCUT2D eigenvalue weighted by Gasteiger charge is -2.26. The van der Waals surface area contributed by atoms with Crippen LogP contribution in [-0.4, -0.2) is 4.57 Å². The summed E-state index contributed by atoms with van der Waals surface area (Å²) in [7, 11) is 0. The number of hydrogen-bond donors (Lipinski definition) is 0. The summed E-state index contributed by atoms with van der Waals surface area (Å²) in [6, 6.07) is 98.5. The van der Waals surface area contributed by atoms with Crippen LogP contribution in [0.2, 0.25) is 0 Å². The van der Waals surface area contributed by atoms with Crippen LogP contribution in [-0.2, 0) is 0 Å². The van der Waals surface area contributed by atoms with Crippen LogP contribution < -0.4 is 4.90 Å². The van der Waals surface area contributed by atoms with Gasteiger partial charge in [0.2, 0.25) is 0 Å². The Morgan fingerprint density at radius 2 is 0.767 bits per heavy atom. The van der Waals surface area contributed by atoms with Crippen molar-refractivity contribution in [2.75, 3.05) is 4.90 Å². The Morgan fingerprint density at radius 1 is 0.274 bits per heavy atom. The molecule has 0 radical (unpaired) electrons. The van der Waals surface area contributed by atoms with Crippen molar-refractivity contribution in [1.29, 1.82) is 0 Å². The SMILES string of the molecule is c1ccc(N(c2ccc(-c3ccc4c(c3)c3cc(-c5cccc6ccccc56)ccc3n4-c3ccc4c5ccccc5c5ccccc5c4c3)cc2)c2ccc(-c3cccc4sc5ccccc5c34)cc2)cc1. The molecule has 0 N–H and O–H groups in total. The van der Waals surface area contributed by atoms with Crippen LogP contribution >= 0.6 is 11.3 Å². The van der Waals surface area contributed by atoms with Crippen molar-refractivity contribution in [2.45, 2.75) is 0 Å². The van der Waals surface area contributed by atoms with Gasteiger partial charge < -0.3 is 9.47 Å². The predicted octanol–water partition coefficient (Wildman–Crippen LogP) is 20.2. The molecule has 0 aliphatic rings. The highest BCUT2D eigenvalue weighted by atomic mass is 32.1. The number of fused-ring (bicyclic) bond motifs is 13. The number of nitrogens with zero attached hydrogens (tertiary/aromatic N) is 2. The fourth-order valence-corrected chi connectivity index (χ4v) is 12.9. The van der Waals surface area contributed by atoms with Gasteiger partial charge in [0.1, 0.15) is 0 Å². The Labute approximate surface area is 426 Å². The van der Waals surface area contributed by atoms with Gasteiger partial charge in [0, 0.05) is 53.7 Å². The third kappa shape index (κ3) is 6.70. The topological polar surface area (TPSA) is 8.17 Å². The second-order valence-corrected chi connectivity index (χ2v) is 20.3. The number of hydrogen-bond acceptors (Lipinski definition) is 2. The summed E-state index contributed by atoms with van der Waals surface area (Å²) in [5, 5.41) is 15.2. The molecule has 0 spiro atoms. The molecule has 2 nitrogen and oxygen atoms in total. The minimum atomic E-state index is 1.10. The van der Waals surface area contributed by atoms with Gasteiger partial charge in [-0.25, -0.2) is 0 Å². The highest BCUT2D eigenvalue weighted by Crippen LogP contribution is 2.44. The quantitative estimate of drug-likeness (QED) is 0.145. The first-order valence-corrected chi connectivity index (χ1v) is 25.9. The fourth-order valence-electron chi connectivity index (χ4n) is 11.8. The molecule has 0 saturated heterocycles. The van der Waals surface area contributed by atoms with Crippen LogP contribution in [0.4, 0.5) is 17.1 Å². The summed E-state index contributed by atoms with van der Waals surface area (Å²) in [5.74, 6) is 0. The first-order chi connectivity index (χ1) is 36.2. The first kappa shape index (κ1) is 41.5. The maximum atomic E-state index is 2.47. The van der Waals surface area contributed by atoms with Crippen molar-refractivity contribution in [1.82, 2.24) is 4.57 Å². The molecular weight excluding hydrogens is 901 g/mol. The van der Waals surface area contributed by atoms with Gasteiger partial charge in [-0.3, -0.25) is 0 Å². The largest absolute Gasteiger partial charge is 0.311 e. The number of anilines is 3. The van der Waals surface area contributed by atoms with E-state index in [1.54, 1.807) is 0 Å². The molecule has 0 fully saturated rings. The van der Waals surface area contributed by atoms with Gasteiger partial charge in [-0.05, 0) is 161 Å². The smallest absolute Gasteiger partial charge is 0.0541 e. The van der Waals surface area contributed by atoms with E-state index in [0.29, 0.717) is 0 Å². The van der Waals surface area contributed by atoms with Crippen molar-refractivity contribution >= 4 is 113 Å². The van der Waals surface area contributed by atoms with E-state index >= 15 is 0 Å². The molecule has 0 aliphatic carbocycles. The van der Waals surface area contributed by atoms with Gasteiger partial charge in [-0.1, -0.05) is 182 Å².